The van der Waals surface area contributed by atoms with E-state index in [-0.39, 0.29) is 6.04 Å². The highest BCUT2D eigenvalue weighted by Gasteiger charge is 2.27. The number of nitrogens with zero attached hydrogens (tertiary/aromatic N) is 4. The monoisotopic (exact) mass is 386 g/mol. The van der Waals surface area contributed by atoms with E-state index in [0.29, 0.717) is 44.0 Å². The van der Waals surface area contributed by atoms with Crippen LogP contribution in [-0.4, -0.2) is 69.9 Å². The van der Waals surface area contributed by atoms with Gasteiger partial charge in [-0.1, -0.05) is 0 Å². The highest BCUT2D eigenvalue weighted by molar-refractivity contribution is 5.65. The van der Waals surface area contributed by atoms with Gasteiger partial charge in [-0.25, -0.2) is 9.97 Å². The fourth-order valence-electron chi connectivity index (χ4n) is 4.14. The van der Waals surface area contributed by atoms with Gasteiger partial charge >= 0.3 is 0 Å². The predicted octanol–water partition coefficient (Wildman–Crippen LogP) is 0.761. The van der Waals surface area contributed by atoms with Gasteiger partial charge in [0.2, 0.25) is 5.95 Å². The molecular weight excluding hydrogens is 360 g/mol. The SMILES string of the molecule is O[C@@H]1COCC[C@H]1Nc1ncc2c(n1)-c1cc(C3CCNCC3)nn1CCO2. The van der Waals surface area contributed by atoms with Crippen molar-refractivity contribution in [1.82, 2.24) is 25.1 Å². The molecule has 0 aromatic carbocycles. The van der Waals surface area contributed by atoms with Gasteiger partial charge in [-0.2, -0.15) is 5.10 Å². The minimum absolute atomic E-state index is 0.117. The maximum Gasteiger partial charge on any atom is 0.223 e. The van der Waals surface area contributed by atoms with Crippen LogP contribution in [-0.2, 0) is 11.3 Å². The number of aliphatic hydroxyl groups is 1. The van der Waals surface area contributed by atoms with E-state index >= 15 is 0 Å². The summed E-state index contributed by atoms with van der Waals surface area (Å²) in [6.45, 7) is 4.26. The van der Waals surface area contributed by atoms with Gasteiger partial charge < -0.3 is 25.2 Å². The Labute approximate surface area is 163 Å². The Morgan fingerprint density at radius 2 is 2.11 bits per heavy atom. The van der Waals surface area contributed by atoms with Crippen LogP contribution in [0.15, 0.2) is 12.3 Å². The fraction of sp³-hybridized carbons (Fsp3) is 0.632. The van der Waals surface area contributed by atoms with E-state index in [9.17, 15) is 5.11 Å². The Morgan fingerprint density at radius 1 is 1.21 bits per heavy atom. The summed E-state index contributed by atoms with van der Waals surface area (Å²) in [4.78, 5) is 9.12. The molecule has 3 aliphatic heterocycles. The van der Waals surface area contributed by atoms with Crippen LogP contribution >= 0.6 is 0 Å². The van der Waals surface area contributed by atoms with Gasteiger partial charge in [0, 0.05) is 12.5 Å². The van der Waals surface area contributed by atoms with E-state index in [1.165, 1.54) is 0 Å². The molecule has 2 aromatic rings. The summed E-state index contributed by atoms with van der Waals surface area (Å²) < 4.78 is 13.1. The van der Waals surface area contributed by atoms with Crippen molar-refractivity contribution >= 4 is 5.95 Å². The molecule has 0 unspecified atom stereocenters. The first-order valence-electron chi connectivity index (χ1n) is 10.1. The molecule has 150 valence electrons. The van der Waals surface area contributed by atoms with Crippen molar-refractivity contribution in [1.29, 1.82) is 0 Å². The number of fused-ring (bicyclic) bond motifs is 3. The Balaban J connectivity index is 1.45. The molecule has 0 radical (unpaired) electrons. The van der Waals surface area contributed by atoms with Crippen molar-refractivity contribution in [2.24, 2.45) is 0 Å². The van der Waals surface area contributed by atoms with Crippen LogP contribution in [0.5, 0.6) is 5.75 Å². The van der Waals surface area contributed by atoms with Crippen LogP contribution in [0.1, 0.15) is 30.9 Å². The Bertz CT molecular complexity index is 835. The smallest absolute Gasteiger partial charge is 0.223 e. The summed E-state index contributed by atoms with van der Waals surface area (Å²) in [6, 6.07) is 2.04. The molecule has 0 amide bonds. The molecule has 0 bridgehead atoms. The number of anilines is 1. The van der Waals surface area contributed by atoms with Crippen LogP contribution in [0.4, 0.5) is 5.95 Å². The lowest BCUT2D eigenvalue weighted by Crippen LogP contribution is -2.42. The summed E-state index contributed by atoms with van der Waals surface area (Å²) in [5, 5.41) is 21.7. The van der Waals surface area contributed by atoms with E-state index in [4.69, 9.17) is 19.6 Å². The summed E-state index contributed by atoms with van der Waals surface area (Å²) in [5.74, 6) is 1.65. The number of hydrogen-bond acceptors (Lipinski definition) is 8. The minimum atomic E-state index is -0.565. The normalized spacial score (nSPS) is 25.3. The molecule has 2 fully saturated rings. The summed E-state index contributed by atoms with van der Waals surface area (Å²) in [7, 11) is 0. The first-order chi connectivity index (χ1) is 13.8. The van der Waals surface area contributed by atoms with Crippen LogP contribution in [0.25, 0.3) is 11.4 Å². The quantitative estimate of drug-likeness (QED) is 0.710. The molecule has 2 atom stereocenters. The second-order valence-electron chi connectivity index (χ2n) is 7.64. The van der Waals surface area contributed by atoms with Crippen LogP contribution in [0, 0.1) is 0 Å². The molecule has 0 saturated carbocycles. The lowest BCUT2D eigenvalue weighted by atomic mass is 9.94. The first-order valence-corrected chi connectivity index (χ1v) is 10.1. The van der Waals surface area contributed by atoms with E-state index in [1.54, 1.807) is 6.20 Å². The zero-order chi connectivity index (χ0) is 18.9. The van der Waals surface area contributed by atoms with Gasteiger partial charge in [-0.05, 0) is 38.4 Å². The summed E-state index contributed by atoms with van der Waals surface area (Å²) in [5.41, 5.74) is 2.86. The Morgan fingerprint density at radius 3 is 2.96 bits per heavy atom. The van der Waals surface area contributed by atoms with Crippen LogP contribution < -0.4 is 15.4 Å². The van der Waals surface area contributed by atoms with E-state index in [0.717, 1.165) is 49.4 Å². The fourth-order valence-corrected chi connectivity index (χ4v) is 4.14. The molecule has 5 heterocycles. The van der Waals surface area contributed by atoms with Gasteiger partial charge in [-0.3, -0.25) is 4.68 Å². The van der Waals surface area contributed by atoms with Crippen molar-refractivity contribution in [2.45, 2.75) is 43.9 Å². The molecular formula is C19H26N6O3. The van der Waals surface area contributed by atoms with Gasteiger partial charge in [0.25, 0.3) is 0 Å². The van der Waals surface area contributed by atoms with Gasteiger partial charge in [0.05, 0.1) is 42.9 Å². The van der Waals surface area contributed by atoms with Crippen LogP contribution in [0.2, 0.25) is 0 Å². The lowest BCUT2D eigenvalue weighted by molar-refractivity contribution is -0.0136. The lowest BCUT2D eigenvalue weighted by Gasteiger charge is -2.28. The maximum absolute atomic E-state index is 10.1. The number of aliphatic hydroxyl groups excluding tert-OH is 1. The molecule has 0 aliphatic carbocycles. The number of aromatic nitrogens is 4. The predicted molar refractivity (Wildman–Crippen MR) is 102 cm³/mol. The summed E-state index contributed by atoms with van der Waals surface area (Å²) in [6.07, 6.45) is 4.08. The molecule has 5 rings (SSSR count). The third-order valence-electron chi connectivity index (χ3n) is 5.76. The van der Waals surface area contributed by atoms with Crippen molar-refractivity contribution in [2.75, 3.05) is 38.2 Å². The van der Waals surface area contributed by atoms with Gasteiger partial charge in [0.15, 0.2) is 5.75 Å². The van der Waals surface area contributed by atoms with Gasteiger partial charge in [-0.15, -0.1) is 0 Å². The third kappa shape index (κ3) is 3.45. The Hall–Kier alpha value is -2.23. The van der Waals surface area contributed by atoms with Crippen LogP contribution in [0.3, 0.4) is 0 Å². The van der Waals surface area contributed by atoms with Crippen molar-refractivity contribution in [3.8, 4) is 17.1 Å². The molecule has 28 heavy (non-hydrogen) atoms. The molecule has 9 heteroatoms. The van der Waals surface area contributed by atoms with Crippen molar-refractivity contribution < 1.29 is 14.6 Å². The maximum atomic E-state index is 10.1. The summed E-state index contributed by atoms with van der Waals surface area (Å²) >= 11 is 0. The second-order valence-corrected chi connectivity index (χ2v) is 7.64. The van der Waals surface area contributed by atoms with E-state index in [2.05, 4.69) is 21.7 Å². The number of piperidine rings is 1. The van der Waals surface area contributed by atoms with E-state index in [1.807, 2.05) is 4.68 Å². The van der Waals surface area contributed by atoms with Crippen molar-refractivity contribution in [3.05, 3.63) is 18.0 Å². The second kappa shape index (κ2) is 7.65. The highest BCUT2D eigenvalue weighted by atomic mass is 16.5. The zero-order valence-corrected chi connectivity index (χ0v) is 15.8. The highest BCUT2D eigenvalue weighted by Crippen LogP contribution is 2.34. The van der Waals surface area contributed by atoms with Crippen molar-refractivity contribution in [3.63, 3.8) is 0 Å². The molecule has 3 aliphatic rings. The number of nitrogens with one attached hydrogen (secondary N) is 2. The zero-order valence-electron chi connectivity index (χ0n) is 15.8. The average molecular weight is 386 g/mol. The minimum Gasteiger partial charge on any atom is -0.488 e. The standard InChI is InChI=1S/C19H26N6O3/c26-16-11-27-7-3-13(16)22-19-21-10-17-18(23-19)15-9-14(12-1-4-20-5-2-12)24-25(15)6-8-28-17/h9-10,12-13,16,20,26H,1-8,11H2,(H,21,22,23)/t13-,16-/m1/s1. The van der Waals surface area contributed by atoms with E-state index < -0.39 is 6.10 Å². The first kappa shape index (κ1) is 17.8. The number of hydrogen-bond donors (Lipinski definition) is 3. The molecule has 2 aromatic heterocycles. The molecule has 9 nitrogen and oxygen atoms in total. The third-order valence-corrected chi connectivity index (χ3v) is 5.76. The topological polar surface area (TPSA) is 106 Å². The Kier molecular flexibility index (Phi) is 4.87. The molecule has 3 N–H and O–H groups in total. The number of rotatable bonds is 3. The number of ether oxygens (including phenoxy) is 2. The largest absolute Gasteiger partial charge is 0.488 e. The molecule has 2 saturated heterocycles. The molecule has 0 spiro atoms. The average Bonchev–Trinajstić information content (AvgIpc) is 3.08. The van der Waals surface area contributed by atoms with Gasteiger partial charge in [0.1, 0.15) is 12.3 Å².